The largest absolute Gasteiger partial charge is 0.464 e. The third kappa shape index (κ3) is 20.0. The Morgan fingerprint density at radius 2 is 0.860 bits per heavy atom. The summed E-state index contributed by atoms with van der Waals surface area (Å²) in [5, 5.41) is 0. The first-order chi connectivity index (χ1) is 24.2. The van der Waals surface area contributed by atoms with E-state index in [1.165, 1.54) is 97.2 Å². The van der Waals surface area contributed by atoms with Crippen molar-refractivity contribution in [2.75, 3.05) is 24.7 Å². The topological polar surface area (TPSA) is 162 Å². The molecule has 2 N–H and O–H groups in total. The molecule has 0 amide bonds. The minimum Gasteiger partial charge on any atom is -0.464 e. The van der Waals surface area contributed by atoms with Gasteiger partial charge in [-0.25, -0.2) is 9.59 Å². The molecule has 0 radical (unpaired) electrons. The number of H-pyrrole nitrogens is 2. The fourth-order valence-electron chi connectivity index (χ4n) is 5.33. The monoisotopic (exact) mass is 738 g/mol. The maximum absolute atomic E-state index is 11.9. The maximum Gasteiger partial charge on any atom is 0.328 e. The summed E-state index contributed by atoms with van der Waals surface area (Å²) in [6.45, 7) is 3.94. The minimum absolute atomic E-state index is 0.116. The molecule has 14 heteroatoms. The molecule has 2 aromatic rings. The van der Waals surface area contributed by atoms with Gasteiger partial charge in [0.2, 0.25) is 0 Å². The standard InChI is InChI=1S/C36H58N4O8S2/c1-29-27-39(35(45)37-33(29)43)21-23-47-31(41)19-15-11-7-3-5-9-13-17-25-49-50-26-18-14-10-6-4-8-12-16-20-32(42)48-24-22-40-28-30(2)34(44)38-36(40)46/h27-28H,3-26H2,1-2H3,(H,37,43,45)(H,38,44,46). The van der Waals surface area contributed by atoms with Crippen LogP contribution < -0.4 is 22.5 Å². The van der Waals surface area contributed by atoms with Gasteiger partial charge >= 0.3 is 23.3 Å². The fourth-order valence-corrected chi connectivity index (χ4v) is 7.62. The van der Waals surface area contributed by atoms with Gasteiger partial charge in [-0.05, 0) is 39.5 Å². The van der Waals surface area contributed by atoms with E-state index >= 15 is 0 Å². The molecule has 0 spiro atoms. The quantitative estimate of drug-likeness (QED) is 0.0559. The summed E-state index contributed by atoms with van der Waals surface area (Å²) in [7, 11) is 4.00. The number of unbranched alkanes of at least 4 members (excludes halogenated alkanes) is 14. The molecule has 0 unspecified atom stereocenters. The van der Waals surface area contributed by atoms with Crippen molar-refractivity contribution in [1.29, 1.82) is 0 Å². The Labute approximate surface area is 303 Å². The van der Waals surface area contributed by atoms with Crippen LogP contribution in [0.15, 0.2) is 31.6 Å². The molecule has 0 aliphatic carbocycles. The van der Waals surface area contributed by atoms with Crippen LogP contribution in [0.2, 0.25) is 0 Å². The summed E-state index contributed by atoms with van der Waals surface area (Å²) in [4.78, 5) is 74.7. The van der Waals surface area contributed by atoms with E-state index < -0.39 is 22.5 Å². The summed E-state index contributed by atoms with van der Waals surface area (Å²) in [6, 6.07) is 0. The Balaban J connectivity index is 1.25. The van der Waals surface area contributed by atoms with Crippen LogP contribution in [0.3, 0.4) is 0 Å². The molecule has 50 heavy (non-hydrogen) atoms. The second-order valence-electron chi connectivity index (χ2n) is 12.8. The number of nitrogens with zero attached hydrogens (tertiary/aromatic N) is 2. The van der Waals surface area contributed by atoms with Gasteiger partial charge in [-0.1, -0.05) is 98.6 Å². The highest BCUT2D eigenvalue weighted by Crippen LogP contribution is 2.25. The molecule has 2 heterocycles. The summed E-state index contributed by atoms with van der Waals surface area (Å²) in [5.41, 5.74) is -0.896. The zero-order chi connectivity index (χ0) is 36.4. The molecule has 0 atom stereocenters. The van der Waals surface area contributed by atoms with Gasteiger partial charge in [0, 0.05) is 47.9 Å². The molecule has 0 fully saturated rings. The molecule has 0 aromatic carbocycles. The van der Waals surface area contributed by atoms with Crippen LogP contribution in [0.25, 0.3) is 0 Å². The van der Waals surface area contributed by atoms with Crippen LogP contribution in [0, 0.1) is 13.8 Å². The Morgan fingerprint density at radius 1 is 0.540 bits per heavy atom. The lowest BCUT2D eigenvalue weighted by molar-refractivity contribution is -0.145. The van der Waals surface area contributed by atoms with Gasteiger partial charge in [-0.2, -0.15) is 0 Å². The van der Waals surface area contributed by atoms with Gasteiger partial charge in [0.25, 0.3) is 11.1 Å². The second-order valence-corrected chi connectivity index (χ2v) is 15.5. The summed E-state index contributed by atoms with van der Waals surface area (Å²) < 4.78 is 13.1. The van der Waals surface area contributed by atoms with E-state index in [4.69, 9.17) is 9.47 Å². The molecule has 0 bridgehead atoms. The van der Waals surface area contributed by atoms with Crippen molar-refractivity contribution >= 4 is 33.5 Å². The number of carbonyl (C=O) groups is 2. The Bertz CT molecular complexity index is 1390. The fraction of sp³-hybridized carbons (Fsp3) is 0.722. The zero-order valence-electron chi connectivity index (χ0n) is 30.1. The van der Waals surface area contributed by atoms with Crippen LogP contribution in [0.1, 0.15) is 127 Å². The van der Waals surface area contributed by atoms with Gasteiger partial charge in [-0.15, -0.1) is 0 Å². The summed E-state index contributed by atoms with van der Waals surface area (Å²) in [6.07, 6.45) is 22.2. The predicted octanol–water partition coefficient (Wildman–Crippen LogP) is 6.19. The van der Waals surface area contributed by atoms with E-state index in [1.807, 2.05) is 21.6 Å². The molecule has 2 rings (SSSR count). The number of ether oxygens (including phenoxy) is 2. The predicted molar refractivity (Wildman–Crippen MR) is 202 cm³/mol. The van der Waals surface area contributed by atoms with E-state index in [0.29, 0.717) is 24.0 Å². The highest BCUT2D eigenvalue weighted by Gasteiger charge is 2.07. The third-order valence-corrected chi connectivity index (χ3v) is 10.9. The Hall–Kier alpha value is -3.00. The smallest absolute Gasteiger partial charge is 0.328 e. The van der Waals surface area contributed by atoms with Crippen LogP contribution in [0.5, 0.6) is 0 Å². The average Bonchev–Trinajstić information content (AvgIpc) is 3.08. The minimum atomic E-state index is -0.495. The molecule has 282 valence electrons. The van der Waals surface area contributed by atoms with Gasteiger partial charge in [0.15, 0.2) is 0 Å². The highest BCUT2D eigenvalue weighted by molar-refractivity contribution is 8.76. The number of aromatic amines is 2. The number of hydrogen-bond donors (Lipinski definition) is 2. The molecule has 12 nitrogen and oxygen atoms in total. The number of esters is 2. The van der Waals surface area contributed by atoms with Crippen LogP contribution in [-0.2, 0) is 32.2 Å². The van der Waals surface area contributed by atoms with E-state index in [1.54, 1.807) is 13.8 Å². The van der Waals surface area contributed by atoms with Crippen molar-refractivity contribution in [3.8, 4) is 0 Å². The molecule has 0 saturated heterocycles. The van der Waals surface area contributed by atoms with Crippen molar-refractivity contribution < 1.29 is 19.1 Å². The molecular weight excluding hydrogens is 681 g/mol. The number of nitrogens with one attached hydrogen (secondary N) is 2. The number of hydrogen-bond acceptors (Lipinski definition) is 10. The Morgan fingerprint density at radius 3 is 1.22 bits per heavy atom. The van der Waals surface area contributed by atoms with Gasteiger partial charge in [0.05, 0.1) is 13.1 Å². The van der Waals surface area contributed by atoms with E-state index in [0.717, 1.165) is 38.5 Å². The maximum atomic E-state index is 11.9. The molecule has 0 aliphatic heterocycles. The van der Waals surface area contributed by atoms with Crippen molar-refractivity contribution in [3.63, 3.8) is 0 Å². The number of aryl methyl sites for hydroxylation is 2. The van der Waals surface area contributed by atoms with Gasteiger partial charge in [0.1, 0.15) is 13.2 Å². The van der Waals surface area contributed by atoms with E-state index in [-0.39, 0.29) is 38.2 Å². The normalized spacial score (nSPS) is 11.2. The lowest BCUT2D eigenvalue weighted by Gasteiger charge is -2.07. The van der Waals surface area contributed by atoms with Crippen molar-refractivity contribution in [1.82, 2.24) is 19.1 Å². The summed E-state index contributed by atoms with van der Waals surface area (Å²) in [5.74, 6) is 1.94. The number of rotatable bonds is 29. The molecular formula is C36H58N4O8S2. The first-order valence-corrected chi connectivity index (χ1v) is 20.8. The molecule has 2 aromatic heterocycles. The van der Waals surface area contributed by atoms with Crippen molar-refractivity contribution in [3.05, 3.63) is 65.2 Å². The number of aromatic nitrogens is 4. The van der Waals surface area contributed by atoms with Crippen LogP contribution in [-0.4, -0.2) is 55.8 Å². The zero-order valence-corrected chi connectivity index (χ0v) is 31.7. The van der Waals surface area contributed by atoms with Crippen molar-refractivity contribution in [2.45, 2.75) is 143 Å². The van der Waals surface area contributed by atoms with Crippen LogP contribution >= 0.6 is 21.6 Å². The lowest BCUT2D eigenvalue weighted by atomic mass is 10.1. The number of carbonyl (C=O) groups excluding carboxylic acids is 2. The van der Waals surface area contributed by atoms with Crippen LogP contribution in [0.4, 0.5) is 0 Å². The SMILES string of the molecule is Cc1cn(CCOC(=O)CCCCCCCCCCSSCCCCCCCCCCC(=O)OCCn2cc(C)c(=O)[nH]c2=O)c(=O)[nH]c1=O. The first kappa shape index (κ1) is 43.2. The molecule has 0 saturated carbocycles. The second kappa shape index (κ2) is 26.8. The van der Waals surface area contributed by atoms with E-state index in [2.05, 4.69) is 9.97 Å². The average molecular weight is 739 g/mol. The lowest BCUT2D eigenvalue weighted by Crippen LogP contribution is -2.32. The van der Waals surface area contributed by atoms with Gasteiger partial charge in [-0.3, -0.25) is 38.3 Å². The highest BCUT2D eigenvalue weighted by atomic mass is 33.1. The summed E-state index contributed by atoms with van der Waals surface area (Å²) >= 11 is 0. The van der Waals surface area contributed by atoms with Gasteiger partial charge < -0.3 is 9.47 Å². The molecule has 0 aliphatic rings. The van der Waals surface area contributed by atoms with E-state index in [9.17, 15) is 28.8 Å². The third-order valence-electron chi connectivity index (χ3n) is 8.37. The van der Waals surface area contributed by atoms with Crippen molar-refractivity contribution in [2.24, 2.45) is 0 Å². The first-order valence-electron chi connectivity index (χ1n) is 18.3. The Kier molecular flexibility index (Phi) is 23.1.